The molecule has 0 bridgehead atoms. The van der Waals surface area contributed by atoms with Gasteiger partial charge >= 0.3 is 0 Å². The zero-order valence-corrected chi connectivity index (χ0v) is 77.4. The SMILES string of the molecule is CCCCC(CC)CN(CC(CC)CCCC)C(=O)c1ccc(C(=O)N(CC(CC)CCCC)CC(CC)CCCC)c(N=Nc2c(C)c(C#N)c(=O)n(-c3cccc(-n4c(O)c(N=Nc5cc(C(=O)N(CC(CC)CCCC)CC(CC)CCCC)ccc5C(=O)N(CC(CC)CCCC)CC(CC)CCCC)c(C)c(C#N)c4=O)c3)c2O)c1. The van der Waals surface area contributed by atoms with E-state index in [9.17, 15) is 30.3 Å². The van der Waals surface area contributed by atoms with E-state index in [1.54, 1.807) is 36.4 Å². The fourth-order valence-corrected chi connectivity index (χ4v) is 16.8. The fourth-order valence-electron chi connectivity index (χ4n) is 16.8. The van der Waals surface area contributed by atoms with E-state index in [1.807, 2.05) is 31.7 Å². The molecule has 5 rings (SSSR count). The highest BCUT2D eigenvalue weighted by molar-refractivity contribution is 6.03. The minimum atomic E-state index is -0.959. The minimum absolute atomic E-state index is 0.0249. The molecule has 5 aromatic rings. The molecule has 2 aromatic heterocycles. The highest BCUT2D eigenvalue weighted by Crippen LogP contribution is 2.40. The summed E-state index contributed by atoms with van der Waals surface area (Å²) < 4.78 is 1.70. The lowest BCUT2D eigenvalue weighted by atomic mass is 9.94. The number of carbonyl (C=O) groups is 4. The van der Waals surface area contributed by atoms with Crippen molar-refractivity contribution in [1.29, 1.82) is 10.5 Å². The molecule has 0 aliphatic heterocycles. The number of rotatable bonds is 58. The Hall–Kier alpha value is -8.78. The molecule has 2 N–H and O–H groups in total. The number of amides is 4. The van der Waals surface area contributed by atoms with Crippen LogP contribution in [0.4, 0.5) is 22.7 Å². The first-order valence-corrected chi connectivity index (χ1v) is 47.1. The molecule has 20 nitrogen and oxygen atoms in total. The molecule has 4 amide bonds. The summed E-state index contributed by atoms with van der Waals surface area (Å²) in [6, 6.07) is 19.8. The van der Waals surface area contributed by atoms with Crippen molar-refractivity contribution >= 4 is 46.4 Å². The van der Waals surface area contributed by atoms with Gasteiger partial charge in [0.25, 0.3) is 34.7 Å². The number of carbonyl (C=O) groups excluding carboxylic acids is 4. The third kappa shape index (κ3) is 29.2. The van der Waals surface area contributed by atoms with Crippen molar-refractivity contribution in [1.82, 2.24) is 28.7 Å². The first-order chi connectivity index (χ1) is 57.9. The average molecular weight is 1650 g/mol. The standard InChI is InChI=1S/C100H154N12O8/c1-19-35-44-73(27-9)63-107(64-74(28-10)45-36-20-2)93(113)81-54-56-85(95(115)109(67-77(31-13)48-39-23-5)68-78(32-14)49-40-24-6)89(58-81)103-105-91-71(17)87(61-101)97(117)111(99(91)119)83-52-43-53-84(60-83)112-98(118)88(62-102)72(18)92(100(112)120)106-104-90-59-82(94(114)108(65-75(29-11)46-37-21-3)66-76(30-12)47-38-22-4)55-57-86(90)96(116)110(69-79(33-15)50-41-25-7)70-80(34-16)51-42-26-8/h43,52-60,73-80,119-120H,19-42,44-51,63-70H2,1-18H3. The Morgan fingerprint density at radius 2 is 0.583 bits per heavy atom. The topological polar surface area (TPSA) is 263 Å². The largest absolute Gasteiger partial charge is 0.493 e. The Balaban J connectivity index is 1.85. The number of hydrogen-bond acceptors (Lipinski definition) is 14. The van der Waals surface area contributed by atoms with E-state index < -0.39 is 34.0 Å². The lowest BCUT2D eigenvalue weighted by molar-refractivity contribution is 0.0674. The number of aromatic nitrogens is 2. The fraction of sp³-hybridized carbons (Fsp3) is 0.660. The Bertz CT molecular complexity index is 3940. The lowest BCUT2D eigenvalue weighted by Gasteiger charge is -2.32. The lowest BCUT2D eigenvalue weighted by Crippen LogP contribution is -2.39. The Kier molecular flexibility index (Phi) is 46.3. The van der Waals surface area contributed by atoms with Gasteiger partial charge in [-0.15, -0.1) is 20.5 Å². The first kappa shape index (κ1) is 102. The van der Waals surface area contributed by atoms with Crippen LogP contribution in [0.3, 0.4) is 0 Å². The Morgan fingerprint density at radius 1 is 0.350 bits per heavy atom. The third-order valence-electron chi connectivity index (χ3n) is 25.5. The predicted molar refractivity (Wildman–Crippen MR) is 491 cm³/mol. The van der Waals surface area contributed by atoms with Gasteiger partial charge in [-0.1, -0.05) is 271 Å². The molecule has 662 valence electrons. The van der Waals surface area contributed by atoms with E-state index in [0.717, 1.165) is 215 Å². The van der Waals surface area contributed by atoms with Crippen LogP contribution in [0.25, 0.3) is 11.4 Å². The maximum absolute atomic E-state index is 15.8. The molecule has 3 aromatic carbocycles. The maximum atomic E-state index is 15.8. The van der Waals surface area contributed by atoms with Crippen LogP contribution in [0, 0.1) is 83.9 Å². The van der Waals surface area contributed by atoms with Gasteiger partial charge in [-0.25, -0.2) is 9.13 Å². The summed E-state index contributed by atoms with van der Waals surface area (Å²) in [7, 11) is 0. The number of nitriles is 2. The molecular formula is C100H154N12O8. The molecule has 0 spiro atoms. The van der Waals surface area contributed by atoms with E-state index in [1.165, 1.54) is 38.1 Å². The van der Waals surface area contributed by atoms with Gasteiger partial charge in [0.2, 0.25) is 11.8 Å². The summed E-state index contributed by atoms with van der Waals surface area (Å²) >= 11 is 0. The molecule has 2 heterocycles. The molecule has 8 unspecified atom stereocenters. The molecule has 8 atom stereocenters. The van der Waals surface area contributed by atoms with Crippen LogP contribution in [0.5, 0.6) is 11.8 Å². The second-order valence-electron chi connectivity index (χ2n) is 34.4. The highest BCUT2D eigenvalue weighted by atomic mass is 16.3. The van der Waals surface area contributed by atoms with Gasteiger partial charge in [-0.2, -0.15) is 10.5 Å². The number of pyridine rings is 2. The number of benzene rings is 3. The summed E-state index contributed by atoms with van der Waals surface area (Å²) in [5.41, 5.74) is -2.46. The number of unbranched alkanes of at least 4 members (excludes halogenated alkanes) is 8. The molecule has 20 heteroatoms. The maximum Gasteiger partial charge on any atom is 0.276 e. The molecule has 0 aliphatic rings. The van der Waals surface area contributed by atoms with Crippen molar-refractivity contribution in [3.05, 3.63) is 126 Å². The summed E-state index contributed by atoms with van der Waals surface area (Å²) in [4.78, 5) is 100. The highest BCUT2D eigenvalue weighted by Gasteiger charge is 2.33. The van der Waals surface area contributed by atoms with E-state index in [-0.39, 0.29) is 127 Å². The van der Waals surface area contributed by atoms with Crippen molar-refractivity contribution in [2.45, 2.75) is 330 Å². The van der Waals surface area contributed by atoms with Gasteiger partial charge in [0, 0.05) is 74.6 Å². The molecule has 0 aliphatic carbocycles. The smallest absolute Gasteiger partial charge is 0.276 e. The molecule has 0 radical (unpaired) electrons. The van der Waals surface area contributed by atoms with Gasteiger partial charge < -0.3 is 29.8 Å². The normalized spacial score (nSPS) is 13.7. The van der Waals surface area contributed by atoms with Crippen LogP contribution in [0.15, 0.2) is 90.7 Å². The van der Waals surface area contributed by atoms with Crippen LogP contribution >= 0.6 is 0 Å². The first-order valence-electron chi connectivity index (χ1n) is 47.1. The van der Waals surface area contributed by atoms with Gasteiger partial charge in [0.05, 0.1) is 33.9 Å². The van der Waals surface area contributed by atoms with Gasteiger partial charge in [0.1, 0.15) is 23.3 Å². The van der Waals surface area contributed by atoms with Gasteiger partial charge in [0.15, 0.2) is 11.4 Å². The molecular weight excluding hydrogens is 1500 g/mol. The van der Waals surface area contributed by atoms with E-state index >= 15 is 19.2 Å². The van der Waals surface area contributed by atoms with Crippen LogP contribution in [-0.2, 0) is 0 Å². The number of hydrogen-bond donors (Lipinski definition) is 2. The van der Waals surface area contributed by atoms with Crippen LogP contribution in [0.1, 0.15) is 380 Å². The van der Waals surface area contributed by atoms with Gasteiger partial charge in [-0.3, -0.25) is 28.8 Å². The minimum Gasteiger partial charge on any atom is -0.493 e. The molecule has 0 saturated heterocycles. The Morgan fingerprint density at radius 3 is 0.800 bits per heavy atom. The van der Waals surface area contributed by atoms with E-state index in [4.69, 9.17) is 20.5 Å². The second kappa shape index (κ2) is 54.6. The predicted octanol–water partition coefficient (Wildman–Crippen LogP) is 26.1. The quantitative estimate of drug-likeness (QED) is 0.0348. The Labute approximate surface area is 722 Å². The van der Waals surface area contributed by atoms with Crippen molar-refractivity contribution < 1.29 is 29.4 Å². The van der Waals surface area contributed by atoms with Gasteiger partial charge in [-0.05, 0) is 167 Å². The second-order valence-corrected chi connectivity index (χ2v) is 34.4. The molecule has 0 fully saturated rings. The molecule has 0 saturated carbocycles. The zero-order chi connectivity index (χ0) is 88.4. The third-order valence-corrected chi connectivity index (χ3v) is 25.5. The summed E-state index contributed by atoms with van der Waals surface area (Å²) in [6.07, 6.45) is 31.2. The van der Waals surface area contributed by atoms with Crippen molar-refractivity contribution in [3.63, 3.8) is 0 Å². The van der Waals surface area contributed by atoms with Crippen molar-refractivity contribution in [2.75, 3.05) is 52.4 Å². The zero-order valence-electron chi connectivity index (χ0n) is 77.4. The van der Waals surface area contributed by atoms with Crippen LogP contribution in [0.2, 0.25) is 0 Å². The summed E-state index contributed by atoms with van der Waals surface area (Å²) in [6.45, 7) is 42.0. The average Bonchev–Trinajstić information content (AvgIpc) is 0.756. The van der Waals surface area contributed by atoms with Crippen LogP contribution in [-0.4, -0.2) is 115 Å². The van der Waals surface area contributed by atoms with E-state index in [0.29, 0.717) is 63.5 Å². The van der Waals surface area contributed by atoms with Crippen molar-refractivity contribution in [2.24, 2.45) is 67.8 Å². The summed E-state index contributed by atoms with van der Waals surface area (Å²) in [5.74, 6) is -0.547. The van der Waals surface area contributed by atoms with E-state index in [2.05, 4.69) is 111 Å². The number of nitrogens with zero attached hydrogens (tertiary/aromatic N) is 12. The van der Waals surface area contributed by atoms with Crippen LogP contribution < -0.4 is 11.1 Å². The summed E-state index contributed by atoms with van der Waals surface area (Å²) in [5, 5.41) is 66.5. The number of azo groups is 2. The van der Waals surface area contributed by atoms with Crippen molar-refractivity contribution in [3.8, 4) is 35.3 Å². The monoisotopic (exact) mass is 1650 g/mol. The number of aromatic hydroxyl groups is 2. The molecule has 120 heavy (non-hydrogen) atoms.